The topological polar surface area (TPSA) is 35.8 Å². The van der Waals surface area contributed by atoms with E-state index in [4.69, 9.17) is 5.26 Å². The Labute approximate surface area is 120 Å². The molecule has 108 valence electrons. The van der Waals surface area contributed by atoms with Gasteiger partial charge >= 0.3 is 6.18 Å². The molecule has 0 radical (unpaired) electrons. The predicted molar refractivity (Wildman–Crippen MR) is 75.3 cm³/mol. The Balaban J connectivity index is 2.37. The molecule has 0 atom stereocenters. The van der Waals surface area contributed by atoms with Gasteiger partial charge in [0, 0.05) is 11.4 Å². The second-order valence-electron chi connectivity index (χ2n) is 4.51. The number of halogens is 3. The zero-order valence-electron chi connectivity index (χ0n) is 11.3. The van der Waals surface area contributed by atoms with Gasteiger partial charge in [-0.3, -0.25) is 0 Å². The van der Waals surface area contributed by atoms with Crippen LogP contribution in [0.15, 0.2) is 42.5 Å². The van der Waals surface area contributed by atoms with Gasteiger partial charge in [-0.2, -0.15) is 18.4 Å². The van der Waals surface area contributed by atoms with E-state index >= 15 is 0 Å². The van der Waals surface area contributed by atoms with E-state index in [0.29, 0.717) is 5.69 Å². The maximum absolute atomic E-state index is 12.7. The van der Waals surface area contributed by atoms with Crippen molar-refractivity contribution >= 4 is 11.4 Å². The molecular formula is C16H13F3N2. The van der Waals surface area contributed by atoms with Crippen molar-refractivity contribution in [3.8, 4) is 6.07 Å². The molecule has 2 rings (SSSR count). The largest absolute Gasteiger partial charge is 0.417 e. The first kappa shape index (κ1) is 14.9. The van der Waals surface area contributed by atoms with Crippen molar-refractivity contribution < 1.29 is 13.2 Å². The second kappa shape index (κ2) is 5.88. The summed E-state index contributed by atoms with van der Waals surface area (Å²) in [5.41, 5.74) is 1.03. The lowest BCUT2D eigenvalue weighted by molar-refractivity contribution is -0.137. The quantitative estimate of drug-likeness (QED) is 0.874. The summed E-state index contributed by atoms with van der Waals surface area (Å²) in [5, 5.41) is 12.0. The summed E-state index contributed by atoms with van der Waals surface area (Å²) in [5.74, 6) is 0. The first-order valence-electron chi connectivity index (χ1n) is 6.42. The van der Waals surface area contributed by atoms with Gasteiger partial charge in [0.1, 0.15) is 0 Å². The van der Waals surface area contributed by atoms with Gasteiger partial charge in [-0.15, -0.1) is 0 Å². The van der Waals surface area contributed by atoms with E-state index in [9.17, 15) is 13.2 Å². The van der Waals surface area contributed by atoms with Gasteiger partial charge in [-0.05, 0) is 36.2 Å². The highest BCUT2D eigenvalue weighted by Crippen LogP contribution is 2.33. The summed E-state index contributed by atoms with van der Waals surface area (Å²) in [6.45, 7) is 1.99. The molecule has 5 heteroatoms. The van der Waals surface area contributed by atoms with Crippen LogP contribution in [0.25, 0.3) is 0 Å². The summed E-state index contributed by atoms with van der Waals surface area (Å²) in [6.07, 6.45) is -3.72. The molecule has 0 aromatic heterocycles. The maximum Gasteiger partial charge on any atom is 0.417 e. The zero-order valence-corrected chi connectivity index (χ0v) is 11.3. The van der Waals surface area contributed by atoms with Crippen LogP contribution in [0.1, 0.15) is 23.6 Å². The average molecular weight is 290 g/mol. The van der Waals surface area contributed by atoms with E-state index in [-0.39, 0.29) is 5.56 Å². The van der Waals surface area contributed by atoms with Crippen molar-refractivity contribution in [3.05, 3.63) is 59.2 Å². The number of nitrogens with one attached hydrogen (secondary N) is 1. The highest BCUT2D eigenvalue weighted by atomic mass is 19.4. The van der Waals surface area contributed by atoms with Gasteiger partial charge in [0.25, 0.3) is 0 Å². The Morgan fingerprint density at radius 3 is 2.48 bits per heavy atom. The van der Waals surface area contributed by atoms with E-state index in [1.807, 2.05) is 31.2 Å². The third-order valence-corrected chi connectivity index (χ3v) is 3.12. The van der Waals surface area contributed by atoms with Crippen molar-refractivity contribution in [3.63, 3.8) is 0 Å². The first-order valence-corrected chi connectivity index (χ1v) is 6.42. The standard InChI is InChI=1S/C16H13F3N2/c1-2-11-5-3-4-6-15(11)21-13-7-8-14(16(17,18)19)12(9-13)10-20/h3-9,21H,2H2,1H3. The van der Waals surface area contributed by atoms with E-state index < -0.39 is 11.7 Å². The Morgan fingerprint density at radius 1 is 1.14 bits per heavy atom. The summed E-state index contributed by atoms with van der Waals surface area (Å²) >= 11 is 0. The number of nitriles is 1. The molecule has 2 nitrogen and oxygen atoms in total. The minimum absolute atomic E-state index is 0.388. The Hall–Kier alpha value is -2.48. The highest BCUT2D eigenvalue weighted by molar-refractivity contribution is 5.65. The first-order chi connectivity index (χ1) is 9.95. The normalized spacial score (nSPS) is 11.0. The van der Waals surface area contributed by atoms with Crippen molar-refractivity contribution in [2.75, 3.05) is 5.32 Å². The average Bonchev–Trinajstić information content (AvgIpc) is 2.46. The van der Waals surface area contributed by atoms with Gasteiger partial charge < -0.3 is 5.32 Å². The number of hydrogen-bond donors (Lipinski definition) is 1. The SMILES string of the molecule is CCc1ccccc1Nc1ccc(C(F)(F)F)c(C#N)c1. The molecular weight excluding hydrogens is 277 g/mol. The third kappa shape index (κ3) is 3.34. The highest BCUT2D eigenvalue weighted by Gasteiger charge is 2.33. The summed E-state index contributed by atoms with van der Waals surface area (Å²) < 4.78 is 38.2. The number of para-hydroxylation sites is 1. The molecule has 0 heterocycles. The van der Waals surface area contributed by atoms with Crippen LogP contribution in [-0.4, -0.2) is 0 Å². The molecule has 0 bridgehead atoms. The van der Waals surface area contributed by atoms with E-state index in [2.05, 4.69) is 5.32 Å². The monoisotopic (exact) mass is 290 g/mol. The molecule has 0 saturated heterocycles. The zero-order chi connectivity index (χ0) is 15.5. The van der Waals surface area contributed by atoms with Gasteiger partial charge in [0.05, 0.1) is 17.2 Å². The summed E-state index contributed by atoms with van der Waals surface area (Å²) in [6, 6.07) is 12.6. The number of hydrogen-bond acceptors (Lipinski definition) is 2. The van der Waals surface area contributed by atoms with Crippen molar-refractivity contribution in [2.24, 2.45) is 0 Å². The van der Waals surface area contributed by atoms with Gasteiger partial charge in [-0.1, -0.05) is 25.1 Å². The molecule has 21 heavy (non-hydrogen) atoms. The molecule has 0 saturated carbocycles. The van der Waals surface area contributed by atoms with Crippen molar-refractivity contribution in [1.29, 1.82) is 5.26 Å². The Morgan fingerprint density at radius 2 is 1.86 bits per heavy atom. The lowest BCUT2D eigenvalue weighted by Gasteiger charge is -2.13. The number of nitrogens with zero attached hydrogens (tertiary/aromatic N) is 1. The molecule has 2 aromatic rings. The molecule has 0 spiro atoms. The third-order valence-electron chi connectivity index (χ3n) is 3.12. The molecule has 0 aliphatic rings. The van der Waals surface area contributed by atoms with E-state index in [1.165, 1.54) is 12.1 Å². The fourth-order valence-corrected chi connectivity index (χ4v) is 2.07. The fraction of sp³-hybridized carbons (Fsp3) is 0.188. The van der Waals surface area contributed by atoms with E-state index in [1.54, 1.807) is 6.07 Å². The van der Waals surface area contributed by atoms with Gasteiger partial charge in [-0.25, -0.2) is 0 Å². The second-order valence-corrected chi connectivity index (χ2v) is 4.51. The number of benzene rings is 2. The van der Waals surface area contributed by atoms with Crippen LogP contribution in [0.2, 0.25) is 0 Å². The Kier molecular flexibility index (Phi) is 4.18. The lowest BCUT2D eigenvalue weighted by Crippen LogP contribution is -2.08. The van der Waals surface area contributed by atoms with Crippen LogP contribution in [0.4, 0.5) is 24.5 Å². The molecule has 0 unspecified atom stereocenters. The molecule has 2 aromatic carbocycles. The van der Waals surface area contributed by atoms with Crippen molar-refractivity contribution in [1.82, 2.24) is 0 Å². The predicted octanol–water partition coefficient (Wildman–Crippen LogP) is 4.88. The van der Waals surface area contributed by atoms with Crippen LogP contribution in [0, 0.1) is 11.3 Å². The van der Waals surface area contributed by atoms with Crippen LogP contribution >= 0.6 is 0 Å². The summed E-state index contributed by atoms with van der Waals surface area (Å²) in [4.78, 5) is 0. The molecule has 0 fully saturated rings. The van der Waals surface area contributed by atoms with Crippen LogP contribution in [0.3, 0.4) is 0 Å². The fourth-order valence-electron chi connectivity index (χ4n) is 2.07. The maximum atomic E-state index is 12.7. The smallest absolute Gasteiger partial charge is 0.355 e. The van der Waals surface area contributed by atoms with Crippen LogP contribution < -0.4 is 5.32 Å². The van der Waals surface area contributed by atoms with Gasteiger partial charge in [0.2, 0.25) is 0 Å². The summed E-state index contributed by atoms with van der Waals surface area (Å²) in [7, 11) is 0. The number of alkyl halides is 3. The molecule has 0 aliphatic carbocycles. The Bertz CT molecular complexity index is 685. The number of rotatable bonds is 3. The number of anilines is 2. The lowest BCUT2D eigenvalue weighted by atomic mass is 10.1. The van der Waals surface area contributed by atoms with Gasteiger partial charge in [0.15, 0.2) is 0 Å². The minimum atomic E-state index is -4.52. The van der Waals surface area contributed by atoms with Crippen LogP contribution in [0.5, 0.6) is 0 Å². The molecule has 0 aliphatic heterocycles. The molecule has 0 amide bonds. The van der Waals surface area contributed by atoms with E-state index in [0.717, 1.165) is 23.7 Å². The number of aryl methyl sites for hydroxylation is 1. The minimum Gasteiger partial charge on any atom is -0.355 e. The van der Waals surface area contributed by atoms with Crippen molar-refractivity contribution in [2.45, 2.75) is 19.5 Å². The molecule has 1 N–H and O–H groups in total. The van der Waals surface area contributed by atoms with Crippen LogP contribution in [-0.2, 0) is 12.6 Å².